The highest BCUT2D eigenvalue weighted by molar-refractivity contribution is 7.19. The van der Waals surface area contributed by atoms with Gasteiger partial charge < -0.3 is 10.1 Å². The minimum atomic E-state index is 0.539. The molecular weight excluding hydrogens is 356 g/mol. The monoisotopic (exact) mass is 386 g/mol. The van der Waals surface area contributed by atoms with Crippen molar-refractivity contribution in [3.05, 3.63) is 16.8 Å². The van der Waals surface area contributed by atoms with Gasteiger partial charge in [-0.3, -0.25) is 4.90 Å². The van der Waals surface area contributed by atoms with Gasteiger partial charge in [0.1, 0.15) is 17.0 Å². The number of thiophene rings is 1. The number of fused-ring (bicyclic) bond motifs is 3. The maximum atomic E-state index is 5.51. The van der Waals surface area contributed by atoms with Gasteiger partial charge in [-0.2, -0.15) is 0 Å². The molecule has 27 heavy (non-hydrogen) atoms. The fraction of sp³-hybridized carbons (Fsp3) is 0.714. The van der Waals surface area contributed by atoms with Crippen LogP contribution in [0.25, 0.3) is 10.2 Å². The summed E-state index contributed by atoms with van der Waals surface area (Å²) in [6, 6.07) is 1.28. The van der Waals surface area contributed by atoms with Crippen molar-refractivity contribution in [3.8, 4) is 0 Å². The Morgan fingerprint density at radius 1 is 1.15 bits per heavy atom. The van der Waals surface area contributed by atoms with Crippen LogP contribution in [0.2, 0.25) is 0 Å². The summed E-state index contributed by atoms with van der Waals surface area (Å²) in [4.78, 5) is 14.6. The molecule has 0 radical (unpaired) electrons. The van der Waals surface area contributed by atoms with Crippen LogP contribution in [0.1, 0.15) is 61.8 Å². The summed E-state index contributed by atoms with van der Waals surface area (Å²) in [5, 5.41) is 5.15. The van der Waals surface area contributed by atoms with E-state index >= 15 is 0 Å². The van der Waals surface area contributed by atoms with E-state index in [2.05, 4.69) is 27.1 Å². The Bertz CT molecular complexity index is 793. The lowest BCUT2D eigenvalue weighted by Gasteiger charge is -2.39. The quantitative estimate of drug-likeness (QED) is 0.854. The molecule has 1 aliphatic heterocycles. The molecule has 0 bridgehead atoms. The first kappa shape index (κ1) is 17.8. The van der Waals surface area contributed by atoms with Crippen molar-refractivity contribution >= 4 is 27.4 Å². The molecule has 146 valence electrons. The molecule has 3 heterocycles. The van der Waals surface area contributed by atoms with Crippen molar-refractivity contribution in [1.29, 1.82) is 0 Å². The van der Waals surface area contributed by atoms with Gasteiger partial charge in [0.25, 0.3) is 0 Å². The molecule has 1 N–H and O–H groups in total. The number of hydrogen-bond acceptors (Lipinski definition) is 6. The largest absolute Gasteiger partial charge is 0.379 e. The molecule has 5 nitrogen and oxygen atoms in total. The molecule has 2 aromatic heterocycles. The van der Waals surface area contributed by atoms with E-state index in [-0.39, 0.29) is 0 Å². The molecule has 0 unspecified atom stereocenters. The predicted molar refractivity (Wildman–Crippen MR) is 111 cm³/mol. The van der Waals surface area contributed by atoms with Crippen LogP contribution < -0.4 is 5.32 Å². The average Bonchev–Trinajstić information content (AvgIpc) is 3.28. The molecule has 6 heteroatoms. The van der Waals surface area contributed by atoms with Gasteiger partial charge in [0.05, 0.1) is 18.6 Å². The zero-order valence-corrected chi connectivity index (χ0v) is 17.1. The molecule has 5 rings (SSSR count). The van der Waals surface area contributed by atoms with E-state index in [0.29, 0.717) is 12.0 Å². The Labute approximate surface area is 165 Å². The van der Waals surface area contributed by atoms with Gasteiger partial charge in [-0.1, -0.05) is 6.92 Å². The highest BCUT2D eigenvalue weighted by Gasteiger charge is 2.30. The molecule has 3 aliphatic rings. The topological polar surface area (TPSA) is 50.3 Å². The Morgan fingerprint density at radius 2 is 1.96 bits per heavy atom. The molecule has 0 aromatic carbocycles. The van der Waals surface area contributed by atoms with Crippen LogP contribution in [0.4, 0.5) is 5.82 Å². The molecular formula is C21H30N4OS. The molecule has 1 atom stereocenters. The smallest absolute Gasteiger partial charge is 0.138 e. The van der Waals surface area contributed by atoms with Crippen LogP contribution in [0.5, 0.6) is 0 Å². The summed E-state index contributed by atoms with van der Waals surface area (Å²) in [5.41, 5.74) is 1.56. The van der Waals surface area contributed by atoms with E-state index in [4.69, 9.17) is 4.74 Å². The van der Waals surface area contributed by atoms with Crippen molar-refractivity contribution < 1.29 is 4.74 Å². The lowest BCUT2D eigenvalue weighted by molar-refractivity contribution is 0.00791. The SMILES string of the molecule is CC[C@H]1CCc2sc3ncnc(NC4CCC(N5CCOCC5)CC4)c3c21. The van der Waals surface area contributed by atoms with Crippen LogP contribution in [-0.2, 0) is 11.2 Å². The number of rotatable bonds is 4. The Balaban J connectivity index is 1.31. The maximum absolute atomic E-state index is 5.51. The third-order valence-electron chi connectivity index (χ3n) is 6.82. The van der Waals surface area contributed by atoms with Crippen molar-refractivity contribution in [1.82, 2.24) is 14.9 Å². The van der Waals surface area contributed by atoms with Gasteiger partial charge in [-0.25, -0.2) is 9.97 Å². The number of ether oxygens (including phenoxy) is 1. The fourth-order valence-corrected chi connectivity index (χ4v) is 6.55. The zero-order valence-electron chi connectivity index (χ0n) is 16.2. The molecule has 2 aliphatic carbocycles. The minimum absolute atomic E-state index is 0.539. The number of aryl methyl sites for hydroxylation is 1. The third kappa shape index (κ3) is 3.36. The second-order valence-electron chi connectivity index (χ2n) is 8.28. The predicted octanol–water partition coefficient (Wildman–Crippen LogP) is 4.19. The first-order chi connectivity index (χ1) is 13.3. The normalized spacial score (nSPS) is 29.1. The minimum Gasteiger partial charge on any atom is -0.379 e. The number of nitrogens with zero attached hydrogens (tertiary/aromatic N) is 3. The van der Waals surface area contributed by atoms with Crippen molar-refractivity contribution in [2.24, 2.45) is 0 Å². The number of anilines is 1. The number of morpholine rings is 1. The first-order valence-electron chi connectivity index (χ1n) is 10.7. The lowest BCUT2D eigenvalue weighted by Crippen LogP contribution is -2.46. The van der Waals surface area contributed by atoms with Crippen LogP contribution in [0.15, 0.2) is 6.33 Å². The summed E-state index contributed by atoms with van der Waals surface area (Å²) >= 11 is 1.89. The van der Waals surface area contributed by atoms with Crippen LogP contribution in [-0.4, -0.2) is 53.3 Å². The average molecular weight is 387 g/mol. The Hall–Kier alpha value is -1.24. The summed E-state index contributed by atoms with van der Waals surface area (Å²) in [6.45, 7) is 6.33. The highest BCUT2D eigenvalue weighted by atomic mass is 32.1. The Kier molecular flexibility index (Phi) is 5.05. The first-order valence-corrected chi connectivity index (χ1v) is 11.5. The molecule has 1 saturated carbocycles. The van der Waals surface area contributed by atoms with Gasteiger partial charge in [-0.05, 0) is 56.4 Å². The number of hydrogen-bond donors (Lipinski definition) is 1. The van der Waals surface area contributed by atoms with Gasteiger partial charge in [0, 0.05) is 30.1 Å². The van der Waals surface area contributed by atoms with Crippen LogP contribution in [0.3, 0.4) is 0 Å². The van der Waals surface area contributed by atoms with Crippen LogP contribution >= 0.6 is 11.3 Å². The van der Waals surface area contributed by atoms with E-state index in [9.17, 15) is 0 Å². The third-order valence-corrected chi connectivity index (χ3v) is 8.00. The van der Waals surface area contributed by atoms with Crippen LogP contribution in [0, 0.1) is 0 Å². The fourth-order valence-electron chi connectivity index (χ4n) is 5.31. The summed E-state index contributed by atoms with van der Waals surface area (Å²) in [6.07, 6.45) is 10.5. The lowest BCUT2D eigenvalue weighted by atomic mass is 9.89. The van der Waals surface area contributed by atoms with E-state index in [0.717, 1.165) is 38.2 Å². The van der Waals surface area contributed by atoms with Gasteiger partial charge >= 0.3 is 0 Å². The van der Waals surface area contributed by atoms with E-state index in [1.807, 2.05) is 11.3 Å². The standard InChI is InChI=1S/C21H30N4OS/c1-2-14-3-8-17-18(14)19-20(22-13-23-21(19)27-17)24-15-4-6-16(7-5-15)25-9-11-26-12-10-25/h13-16H,2-12H2,1H3,(H,22,23,24)/t14-,15?,16?/m0/s1. The highest BCUT2D eigenvalue weighted by Crippen LogP contribution is 2.46. The second kappa shape index (κ2) is 7.64. The van der Waals surface area contributed by atoms with Gasteiger partial charge in [0.2, 0.25) is 0 Å². The van der Waals surface area contributed by atoms with Crippen molar-refractivity contribution in [2.75, 3.05) is 31.6 Å². The van der Waals surface area contributed by atoms with E-state index < -0.39 is 0 Å². The molecule has 2 aromatic rings. The Morgan fingerprint density at radius 3 is 2.74 bits per heavy atom. The summed E-state index contributed by atoms with van der Waals surface area (Å²) in [5.74, 6) is 1.78. The van der Waals surface area contributed by atoms with Gasteiger partial charge in [0.15, 0.2) is 0 Å². The van der Waals surface area contributed by atoms with Crippen molar-refractivity contribution in [3.63, 3.8) is 0 Å². The molecule has 0 amide bonds. The van der Waals surface area contributed by atoms with Crippen molar-refractivity contribution in [2.45, 2.75) is 69.9 Å². The second-order valence-corrected chi connectivity index (χ2v) is 9.37. The maximum Gasteiger partial charge on any atom is 0.138 e. The van der Waals surface area contributed by atoms with E-state index in [1.54, 1.807) is 16.8 Å². The molecule has 0 spiro atoms. The molecule has 1 saturated heterocycles. The number of aromatic nitrogens is 2. The molecule has 2 fully saturated rings. The summed E-state index contributed by atoms with van der Waals surface area (Å²) < 4.78 is 5.51. The van der Waals surface area contributed by atoms with Gasteiger partial charge in [-0.15, -0.1) is 11.3 Å². The zero-order chi connectivity index (χ0) is 18.2. The summed E-state index contributed by atoms with van der Waals surface area (Å²) in [7, 11) is 0. The van der Waals surface area contributed by atoms with E-state index in [1.165, 1.54) is 55.2 Å². The number of nitrogens with one attached hydrogen (secondary N) is 1.